The fraction of sp³-hybridized carbons (Fsp3) is 0.438. The molecule has 1 fully saturated rings. The van der Waals surface area contributed by atoms with E-state index in [0.29, 0.717) is 25.7 Å². The zero-order valence-electron chi connectivity index (χ0n) is 12.8. The minimum atomic E-state index is -0.213. The zero-order valence-corrected chi connectivity index (χ0v) is 12.8. The summed E-state index contributed by atoms with van der Waals surface area (Å²) in [5.74, 6) is 0.365. The fourth-order valence-corrected chi connectivity index (χ4v) is 2.82. The molecule has 2 heterocycles. The number of benzene rings is 1. The lowest BCUT2D eigenvalue weighted by Crippen LogP contribution is -2.44. The summed E-state index contributed by atoms with van der Waals surface area (Å²) in [6.07, 6.45) is 2.82. The number of hydrogen-bond acceptors (Lipinski definition) is 2. The summed E-state index contributed by atoms with van der Waals surface area (Å²) in [7, 11) is 1.93. The van der Waals surface area contributed by atoms with E-state index >= 15 is 0 Å². The quantitative estimate of drug-likeness (QED) is 0.691. The molecule has 0 aliphatic carbocycles. The highest BCUT2D eigenvalue weighted by Gasteiger charge is 2.12. The van der Waals surface area contributed by atoms with Gasteiger partial charge in [-0.1, -0.05) is 0 Å². The Morgan fingerprint density at radius 3 is 2.91 bits per heavy atom. The zero-order chi connectivity index (χ0) is 15.5. The van der Waals surface area contributed by atoms with Gasteiger partial charge in [0.1, 0.15) is 5.82 Å². The topological polar surface area (TPSA) is 55.8 Å². The maximum absolute atomic E-state index is 13.3. The van der Waals surface area contributed by atoms with Crippen LogP contribution in [-0.4, -0.2) is 48.3 Å². The van der Waals surface area contributed by atoms with Gasteiger partial charge in [-0.05, 0) is 30.2 Å². The predicted molar refractivity (Wildman–Crippen MR) is 85.5 cm³/mol. The Kier molecular flexibility index (Phi) is 4.29. The lowest BCUT2D eigenvalue weighted by molar-refractivity contribution is 0.0674. The van der Waals surface area contributed by atoms with Gasteiger partial charge < -0.3 is 19.9 Å². The first-order valence-corrected chi connectivity index (χ1v) is 7.51. The van der Waals surface area contributed by atoms with Gasteiger partial charge in [-0.2, -0.15) is 0 Å². The summed E-state index contributed by atoms with van der Waals surface area (Å²) in [5.41, 5.74) is 8.08. The highest BCUT2D eigenvalue weighted by atomic mass is 19.1. The van der Waals surface area contributed by atoms with Gasteiger partial charge in [0.25, 0.3) is 0 Å². The third-order valence-electron chi connectivity index (χ3n) is 4.03. The number of guanidine groups is 1. The van der Waals surface area contributed by atoms with Crippen LogP contribution in [0, 0.1) is 5.82 Å². The minimum absolute atomic E-state index is 0.213. The monoisotopic (exact) mass is 304 g/mol. The summed E-state index contributed by atoms with van der Waals surface area (Å²) in [6, 6.07) is 4.89. The van der Waals surface area contributed by atoms with Gasteiger partial charge in [0.15, 0.2) is 5.96 Å². The molecule has 22 heavy (non-hydrogen) atoms. The van der Waals surface area contributed by atoms with E-state index in [2.05, 4.69) is 4.99 Å². The van der Waals surface area contributed by atoms with Crippen molar-refractivity contribution in [3.8, 4) is 0 Å². The number of nitrogens with zero attached hydrogens (tertiary/aromatic N) is 3. The van der Waals surface area contributed by atoms with E-state index in [1.54, 1.807) is 6.07 Å². The fourth-order valence-electron chi connectivity index (χ4n) is 2.82. The molecule has 0 spiro atoms. The number of fused-ring (bicyclic) bond motifs is 1. The van der Waals surface area contributed by atoms with Crippen molar-refractivity contribution in [1.29, 1.82) is 0 Å². The van der Waals surface area contributed by atoms with Crippen LogP contribution < -0.4 is 5.73 Å². The molecule has 0 radical (unpaired) electrons. The standard InChI is InChI=1S/C16H21FN4O/c1-20-11-12(14-3-2-13(17)10-15(14)20)4-5-19-16(18)21-6-8-22-9-7-21/h2-3,10-11H,4-9H2,1H3,(H2,18,19). The average molecular weight is 304 g/mol. The van der Waals surface area contributed by atoms with Crippen LogP contribution in [0.2, 0.25) is 0 Å². The summed E-state index contributed by atoms with van der Waals surface area (Å²) >= 11 is 0. The molecule has 0 saturated carbocycles. The lowest BCUT2D eigenvalue weighted by Gasteiger charge is -2.27. The number of rotatable bonds is 3. The molecule has 0 amide bonds. The molecule has 5 nitrogen and oxygen atoms in total. The minimum Gasteiger partial charge on any atom is -0.378 e. The first-order valence-electron chi connectivity index (χ1n) is 7.51. The van der Waals surface area contributed by atoms with E-state index in [1.165, 1.54) is 6.07 Å². The number of nitrogens with two attached hydrogens (primary N) is 1. The van der Waals surface area contributed by atoms with Crippen LogP contribution in [0.1, 0.15) is 5.56 Å². The molecule has 0 atom stereocenters. The van der Waals surface area contributed by atoms with Gasteiger partial charge in [0.2, 0.25) is 0 Å². The van der Waals surface area contributed by atoms with E-state index in [-0.39, 0.29) is 5.82 Å². The maximum Gasteiger partial charge on any atom is 0.191 e. The molecule has 118 valence electrons. The van der Waals surface area contributed by atoms with Gasteiger partial charge in [-0.3, -0.25) is 4.99 Å². The van der Waals surface area contributed by atoms with E-state index in [1.807, 2.05) is 28.8 Å². The van der Waals surface area contributed by atoms with Gasteiger partial charge >= 0.3 is 0 Å². The van der Waals surface area contributed by atoms with Gasteiger partial charge in [-0.15, -0.1) is 0 Å². The Bertz CT molecular complexity index is 689. The second-order valence-corrected chi connectivity index (χ2v) is 5.52. The van der Waals surface area contributed by atoms with Crippen LogP contribution in [-0.2, 0) is 18.2 Å². The van der Waals surface area contributed by atoms with Crippen molar-refractivity contribution in [2.45, 2.75) is 6.42 Å². The van der Waals surface area contributed by atoms with E-state index in [0.717, 1.165) is 36.0 Å². The Labute approximate surface area is 129 Å². The van der Waals surface area contributed by atoms with E-state index < -0.39 is 0 Å². The van der Waals surface area contributed by atoms with Crippen LogP contribution in [0.4, 0.5) is 4.39 Å². The second kappa shape index (κ2) is 6.36. The van der Waals surface area contributed by atoms with Crippen LogP contribution in [0.3, 0.4) is 0 Å². The lowest BCUT2D eigenvalue weighted by atomic mass is 10.1. The Morgan fingerprint density at radius 1 is 1.36 bits per heavy atom. The predicted octanol–water partition coefficient (Wildman–Crippen LogP) is 1.51. The van der Waals surface area contributed by atoms with Crippen LogP contribution in [0.25, 0.3) is 10.9 Å². The largest absolute Gasteiger partial charge is 0.378 e. The maximum atomic E-state index is 13.3. The molecule has 6 heteroatoms. The van der Waals surface area contributed by atoms with Crippen LogP contribution >= 0.6 is 0 Å². The highest BCUT2D eigenvalue weighted by molar-refractivity contribution is 5.84. The van der Waals surface area contributed by atoms with Crippen molar-refractivity contribution >= 4 is 16.9 Å². The van der Waals surface area contributed by atoms with Crippen molar-refractivity contribution in [2.24, 2.45) is 17.8 Å². The van der Waals surface area contributed by atoms with Crippen molar-refractivity contribution in [3.05, 3.63) is 35.8 Å². The van der Waals surface area contributed by atoms with Crippen LogP contribution in [0.5, 0.6) is 0 Å². The first-order chi connectivity index (χ1) is 10.6. The molecule has 0 unspecified atom stereocenters. The highest BCUT2D eigenvalue weighted by Crippen LogP contribution is 2.22. The molecule has 1 saturated heterocycles. The summed E-state index contributed by atoms with van der Waals surface area (Å²) in [5, 5.41) is 1.07. The van der Waals surface area contributed by atoms with E-state index in [4.69, 9.17) is 10.5 Å². The average Bonchev–Trinajstić information content (AvgIpc) is 2.84. The molecule has 2 N–H and O–H groups in total. The molecule has 0 bridgehead atoms. The normalized spacial score (nSPS) is 16.5. The second-order valence-electron chi connectivity index (χ2n) is 5.52. The number of hydrogen-bond donors (Lipinski definition) is 1. The molecule has 1 aliphatic heterocycles. The van der Waals surface area contributed by atoms with Crippen molar-refractivity contribution in [2.75, 3.05) is 32.8 Å². The summed E-state index contributed by atoms with van der Waals surface area (Å²) in [4.78, 5) is 6.50. The molecule has 1 aliphatic rings. The molecule has 2 aromatic rings. The van der Waals surface area contributed by atoms with Crippen molar-refractivity contribution in [1.82, 2.24) is 9.47 Å². The van der Waals surface area contributed by atoms with Gasteiger partial charge in [0.05, 0.1) is 18.7 Å². The number of aliphatic imine (C=N–C) groups is 1. The van der Waals surface area contributed by atoms with Crippen molar-refractivity contribution < 1.29 is 9.13 Å². The molecule has 1 aromatic carbocycles. The van der Waals surface area contributed by atoms with Crippen LogP contribution in [0.15, 0.2) is 29.4 Å². The SMILES string of the molecule is Cn1cc(CCN=C(N)N2CCOCC2)c2ccc(F)cc21. The van der Waals surface area contributed by atoms with Gasteiger partial charge in [-0.25, -0.2) is 4.39 Å². The van der Waals surface area contributed by atoms with E-state index in [9.17, 15) is 4.39 Å². The summed E-state index contributed by atoms with van der Waals surface area (Å²) < 4.78 is 20.6. The smallest absolute Gasteiger partial charge is 0.191 e. The Balaban J connectivity index is 1.69. The van der Waals surface area contributed by atoms with Crippen molar-refractivity contribution in [3.63, 3.8) is 0 Å². The third kappa shape index (κ3) is 3.06. The molecule has 1 aromatic heterocycles. The summed E-state index contributed by atoms with van der Waals surface area (Å²) in [6.45, 7) is 3.61. The first kappa shape index (κ1) is 14.8. The number of aryl methyl sites for hydroxylation is 1. The number of aromatic nitrogens is 1. The Hall–Kier alpha value is -2.08. The molecular formula is C16H21FN4O. The Morgan fingerprint density at radius 2 is 2.14 bits per heavy atom. The number of ether oxygens (including phenoxy) is 1. The molecular weight excluding hydrogens is 283 g/mol. The third-order valence-corrected chi connectivity index (χ3v) is 4.03. The molecule has 3 rings (SSSR count). The number of halogens is 1. The van der Waals surface area contributed by atoms with Gasteiger partial charge in [0, 0.05) is 38.3 Å². The number of morpholine rings is 1.